The van der Waals surface area contributed by atoms with Crippen molar-refractivity contribution >= 4 is 38.9 Å². The van der Waals surface area contributed by atoms with Gasteiger partial charge in [-0.3, -0.25) is 9.59 Å². The molecule has 1 aliphatic heterocycles. The van der Waals surface area contributed by atoms with E-state index in [2.05, 4.69) is 5.32 Å². The molecule has 4 rings (SSSR count). The quantitative estimate of drug-likeness (QED) is 0.686. The lowest BCUT2D eigenvalue weighted by atomic mass is 9.96. The molecule has 32 heavy (non-hydrogen) atoms. The first-order valence-corrected chi connectivity index (χ1v) is 13.4. The lowest BCUT2D eigenvalue weighted by Gasteiger charge is -2.30. The Hall–Kier alpha value is -2.23. The molecule has 172 valence electrons. The van der Waals surface area contributed by atoms with Crippen molar-refractivity contribution in [3.05, 3.63) is 46.7 Å². The molecule has 2 aliphatic rings. The second-order valence-electron chi connectivity index (χ2n) is 8.46. The first-order valence-electron chi connectivity index (χ1n) is 11.1. The van der Waals surface area contributed by atoms with E-state index in [0.29, 0.717) is 23.5 Å². The number of benzene rings is 1. The van der Waals surface area contributed by atoms with Crippen LogP contribution in [-0.2, 0) is 14.8 Å². The predicted octanol–water partition coefficient (Wildman–Crippen LogP) is 3.94. The highest BCUT2D eigenvalue weighted by Gasteiger charge is 2.35. The normalized spacial score (nSPS) is 19.9. The van der Waals surface area contributed by atoms with Gasteiger partial charge in [0.05, 0.1) is 9.77 Å². The molecule has 0 unspecified atom stereocenters. The zero-order valence-electron chi connectivity index (χ0n) is 18.2. The number of carbonyl (C=O) groups is 2. The number of thiophene rings is 1. The van der Waals surface area contributed by atoms with Crippen molar-refractivity contribution in [2.75, 3.05) is 18.9 Å². The van der Waals surface area contributed by atoms with Crippen LogP contribution in [0.3, 0.4) is 0 Å². The summed E-state index contributed by atoms with van der Waals surface area (Å²) in [7, 11) is -1.92. The van der Waals surface area contributed by atoms with Crippen LogP contribution in [0.1, 0.15) is 54.6 Å². The van der Waals surface area contributed by atoms with Crippen molar-refractivity contribution in [2.24, 2.45) is 0 Å². The van der Waals surface area contributed by atoms with Gasteiger partial charge in [0, 0.05) is 25.3 Å². The summed E-state index contributed by atoms with van der Waals surface area (Å²) in [4.78, 5) is 28.0. The van der Waals surface area contributed by atoms with Gasteiger partial charge in [0.15, 0.2) is 0 Å². The third kappa shape index (κ3) is 4.74. The number of rotatable bonds is 6. The van der Waals surface area contributed by atoms with Gasteiger partial charge >= 0.3 is 0 Å². The zero-order chi connectivity index (χ0) is 22.7. The molecule has 0 radical (unpaired) electrons. The number of nitrogens with one attached hydrogen (secondary N) is 1. The summed E-state index contributed by atoms with van der Waals surface area (Å²) >= 11 is 1.37. The topological polar surface area (TPSA) is 86.8 Å². The minimum absolute atomic E-state index is 0.0439. The number of likely N-dealkylation sites (tertiary alicyclic amines) is 1. The van der Waals surface area contributed by atoms with Crippen LogP contribution in [0.4, 0.5) is 5.69 Å². The van der Waals surface area contributed by atoms with Gasteiger partial charge in [0.25, 0.3) is 5.91 Å². The second kappa shape index (κ2) is 9.72. The van der Waals surface area contributed by atoms with E-state index in [1.54, 1.807) is 30.1 Å². The molecule has 1 aromatic carbocycles. The third-order valence-corrected chi connectivity index (χ3v) is 9.22. The van der Waals surface area contributed by atoms with Gasteiger partial charge in [-0.2, -0.15) is 4.31 Å². The second-order valence-corrected chi connectivity index (χ2v) is 11.4. The predicted molar refractivity (Wildman–Crippen MR) is 125 cm³/mol. The fraction of sp³-hybridized carbons (Fsp3) is 0.478. The monoisotopic (exact) mass is 475 g/mol. The first kappa shape index (κ1) is 22.9. The van der Waals surface area contributed by atoms with Gasteiger partial charge in [-0.15, -0.1) is 11.3 Å². The summed E-state index contributed by atoms with van der Waals surface area (Å²) in [6, 6.07) is 9.40. The molecule has 2 heterocycles. The molecule has 9 heteroatoms. The summed E-state index contributed by atoms with van der Waals surface area (Å²) in [6.45, 7) is 0.555. The van der Waals surface area contributed by atoms with Crippen LogP contribution in [0.2, 0.25) is 0 Å². The van der Waals surface area contributed by atoms with Gasteiger partial charge < -0.3 is 10.2 Å². The molecule has 1 saturated heterocycles. The summed E-state index contributed by atoms with van der Waals surface area (Å²) in [6.07, 6.45) is 6.46. The third-order valence-electron chi connectivity index (χ3n) is 6.44. The van der Waals surface area contributed by atoms with E-state index < -0.39 is 16.1 Å². The number of nitrogens with zero attached hydrogens (tertiary/aromatic N) is 2. The van der Waals surface area contributed by atoms with Crippen molar-refractivity contribution < 1.29 is 18.0 Å². The van der Waals surface area contributed by atoms with E-state index in [4.69, 9.17) is 0 Å². The van der Waals surface area contributed by atoms with Crippen molar-refractivity contribution in [1.82, 2.24) is 9.21 Å². The average Bonchev–Trinajstić information content (AvgIpc) is 3.51. The minimum Gasteiger partial charge on any atom is -0.326 e. The largest absolute Gasteiger partial charge is 0.326 e. The molecule has 1 atom stereocenters. The standard InChI is InChI=1S/C23H29N3O4S2/c1-25(18-7-3-2-4-8-18)32(29,30)19-13-11-17(12-14-19)24-22(27)20-9-5-15-26(20)23(28)21-10-6-16-31-21/h6,10-14,16,18,20H,2-5,7-9,15H2,1H3,(H,24,27)/t20-/m1/s1. The first-order chi connectivity index (χ1) is 15.4. The molecule has 2 amide bonds. The Bertz CT molecular complexity index is 1050. The van der Waals surface area contributed by atoms with E-state index in [-0.39, 0.29) is 22.8 Å². The highest BCUT2D eigenvalue weighted by Crippen LogP contribution is 2.28. The van der Waals surface area contributed by atoms with E-state index in [0.717, 1.165) is 38.5 Å². The molecule has 0 bridgehead atoms. The fourth-order valence-corrected chi connectivity index (χ4v) is 6.66. The van der Waals surface area contributed by atoms with E-state index in [9.17, 15) is 18.0 Å². The Kier molecular flexibility index (Phi) is 6.97. The van der Waals surface area contributed by atoms with Crippen molar-refractivity contribution in [1.29, 1.82) is 0 Å². The van der Waals surface area contributed by atoms with Crippen molar-refractivity contribution in [3.63, 3.8) is 0 Å². The minimum atomic E-state index is -3.58. The Morgan fingerprint density at radius 3 is 2.41 bits per heavy atom. The summed E-state index contributed by atoms with van der Waals surface area (Å²) in [5.41, 5.74) is 0.518. The van der Waals surface area contributed by atoms with E-state index in [1.165, 1.54) is 27.8 Å². The van der Waals surface area contributed by atoms with Gasteiger partial charge in [-0.05, 0) is 61.4 Å². The molecule has 7 nitrogen and oxygen atoms in total. The van der Waals surface area contributed by atoms with Crippen LogP contribution in [0.5, 0.6) is 0 Å². The average molecular weight is 476 g/mol. The molecule has 0 spiro atoms. The molecule has 1 aromatic heterocycles. The number of sulfonamides is 1. The summed E-state index contributed by atoms with van der Waals surface area (Å²) in [5, 5.41) is 4.69. The van der Waals surface area contributed by atoms with Crippen LogP contribution in [0.15, 0.2) is 46.7 Å². The van der Waals surface area contributed by atoms with E-state index >= 15 is 0 Å². The molecular formula is C23H29N3O4S2. The molecule has 1 saturated carbocycles. The summed E-state index contributed by atoms with van der Waals surface area (Å²) < 4.78 is 27.5. The highest BCUT2D eigenvalue weighted by atomic mass is 32.2. The number of carbonyl (C=O) groups excluding carboxylic acids is 2. The van der Waals surface area contributed by atoms with Crippen LogP contribution in [-0.4, -0.2) is 55.1 Å². The maximum atomic E-state index is 13.0. The van der Waals surface area contributed by atoms with Gasteiger partial charge in [-0.25, -0.2) is 8.42 Å². The Balaban J connectivity index is 1.42. The lowest BCUT2D eigenvalue weighted by Crippen LogP contribution is -2.43. The highest BCUT2D eigenvalue weighted by molar-refractivity contribution is 7.89. The van der Waals surface area contributed by atoms with Crippen LogP contribution in [0.25, 0.3) is 0 Å². The zero-order valence-corrected chi connectivity index (χ0v) is 19.8. The van der Waals surface area contributed by atoms with Gasteiger partial charge in [0.1, 0.15) is 6.04 Å². The maximum Gasteiger partial charge on any atom is 0.264 e. The Morgan fingerprint density at radius 2 is 1.75 bits per heavy atom. The van der Waals surface area contributed by atoms with Crippen molar-refractivity contribution in [2.45, 2.75) is 61.9 Å². The summed E-state index contributed by atoms with van der Waals surface area (Å²) in [5.74, 6) is -0.368. The molecule has 2 fully saturated rings. The van der Waals surface area contributed by atoms with E-state index in [1.807, 2.05) is 11.4 Å². The molecule has 1 aliphatic carbocycles. The Labute approximate surface area is 193 Å². The van der Waals surface area contributed by atoms with Crippen LogP contribution < -0.4 is 5.32 Å². The fourth-order valence-electron chi connectivity index (χ4n) is 4.57. The number of hydrogen-bond donors (Lipinski definition) is 1. The molecule has 1 N–H and O–H groups in total. The van der Waals surface area contributed by atoms with Crippen molar-refractivity contribution in [3.8, 4) is 0 Å². The number of hydrogen-bond acceptors (Lipinski definition) is 5. The maximum absolute atomic E-state index is 13.0. The number of anilines is 1. The van der Waals surface area contributed by atoms with Crippen LogP contribution >= 0.6 is 11.3 Å². The smallest absolute Gasteiger partial charge is 0.264 e. The molecular weight excluding hydrogens is 446 g/mol. The van der Waals surface area contributed by atoms with Gasteiger partial charge in [-0.1, -0.05) is 25.3 Å². The SMILES string of the molecule is CN(C1CCCCC1)S(=O)(=O)c1ccc(NC(=O)[C@H]2CCCN2C(=O)c2cccs2)cc1. The number of amides is 2. The molecule has 2 aromatic rings. The van der Waals surface area contributed by atoms with Crippen LogP contribution in [0, 0.1) is 0 Å². The lowest BCUT2D eigenvalue weighted by molar-refractivity contribution is -0.119. The Morgan fingerprint density at radius 1 is 1.03 bits per heavy atom. The van der Waals surface area contributed by atoms with Gasteiger partial charge in [0.2, 0.25) is 15.9 Å².